The summed E-state index contributed by atoms with van der Waals surface area (Å²) < 4.78 is 0. The lowest BCUT2D eigenvalue weighted by Crippen LogP contribution is -2.48. The second kappa shape index (κ2) is 5.32. The minimum absolute atomic E-state index is 0.0244. The standard InChI is InChI=1S/C18H26N2O3/c1-12(13-4-5-13)20(14-6-7-14)16(22)11-19-15(21)10-18(17(19)23)8-2-3-9-18/h12-14H,2-11H2,1H3/t12-/m1/s1. The summed E-state index contributed by atoms with van der Waals surface area (Å²) in [5.41, 5.74) is -0.468. The quantitative estimate of drug-likeness (QED) is 0.729. The fourth-order valence-corrected chi connectivity index (χ4v) is 4.60. The number of imide groups is 1. The molecular formula is C18H26N2O3. The minimum atomic E-state index is -0.468. The molecule has 23 heavy (non-hydrogen) atoms. The van der Waals surface area contributed by atoms with Crippen molar-refractivity contribution in [2.24, 2.45) is 11.3 Å². The number of rotatable bonds is 5. The molecular weight excluding hydrogens is 292 g/mol. The average Bonchev–Trinajstić information content (AvgIpc) is 3.43. The van der Waals surface area contributed by atoms with Crippen molar-refractivity contribution >= 4 is 17.7 Å². The Labute approximate surface area is 137 Å². The highest BCUT2D eigenvalue weighted by Gasteiger charge is 2.53. The fourth-order valence-electron chi connectivity index (χ4n) is 4.60. The third kappa shape index (κ3) is 2.58. The van der Waals surface area contributed by atoms with Gasteiger partial charge >= 0.3 is 0 Å². The molecule has 3 aliphatic carbocycles. The van der Waals surface area contributed by atoms with Crippen molar-refractivity contribution in [3.63, 3.8) is 0 Å². The molecule has 1 aliphatic heterocycles. The van der Waals surface area contributed by atoms with Crippen molar-refractivity contribution in [3.8, 4) is 0 Å². The van der Waals surface area contributed by atoms with E-state index in [1.54, 1.807) is 0 Å². The number of nitrogens with zero attached hydrogens (tertiary/aromatic N) is 2. The van der Waals surface area contributed by atoms with E-state index >= 15 is 0 Å². The molecule has 126 valence electrons. The van der Waals surface area contributed by atoms with E-state index in [0.717, 1.165) is 38.5 Å². The van der Waals surface area contributed by atoms with Crippen LogP contribution in [0.1, 0.15) is 64.7 Å². The van der Waals surface area contributed by atoms with E-state index < -0.39 is 5.41 Å². The van der Waals surface area contributed by atoms with Crippen LogP contribution in [0.4, 0.5) is 0 Å². The fraction of sp³-hybridized carbons (Fsp3) is 0.833. The Morgan fingerprint density at radius 2 is 1.87 bits per heavy atom. The normalized spacial score (nSPS) is 27.8. The average molecular weight is 318 g/mol. The van der Waals surface area contributed by atoms with Gasteiger partial charge in [-0.1, -0.05) is 12.8 Å². The predicted octanol–water partition coefficient (Wildman–Crippen LogP) is 2.10. The molecule has 0 radical (unpaired) electrons. The van der Waals surface area contributed by atoms with Gasteiger partial charge in [-0.15, -0.1) is 0 Å². The summed E-state index contributed by atoms with van der Waals surface area (Å²) in [6, 6.07) is 0.592. The second-order valence-corrected chi connectivity index (χ2v) is 8.06. The molecule has 3 amide bonds. The number of hydrogen-bond acceptors (Lipinski definition) is 3. The lowest BCUT2D eigenvalue weighted by atomic mass is 9.84. The van der Waals surface area contributed by atoms with Crippen molar-refractivity contribution < 1.29 is 14.4 Å². The summed E-state index contributed by atoms with van der Waals surface area (Å²) in [7, 11) is 0. The molecule has 0 unspecified atom stereocenters. The van der Waals surface area contributed by atoms with Gasteiger partial charge in [-0.05, 0) is 51.4 Å². The van der Waals surface area contributed by atoms with Gasteiger partial charge in [0.15, 0.2) is 0 Å². The first-order valence-corrected chi connectivity index (χ1v) is 9.18. The molecule has 0 aromatic carbocycles. The van der Waals surface area contributed by atoms with E-state index in [0.29, 0.717) is 18.4 Å². The van der Waals surface area contributed by atoms with Gasteiger partial charge in [-0.3, -0.25) is 19.3 Å². The summed E-state index contributed by atoms with van der Waals surface area (Å²) in [4.78, 5) is 41.2. The topological polar surface area (TPSA) is 57.7 Å². The summed E-state index contributed by atoms with van der Waals surface area (Å²) in [5.74, 6) is 0.373. The molecule has 3 saturated carbocycles. The molecule has 4 fully saturated rings. The van der Waals surface area contributed by atoms with Crippen LogP contribution in [0, 0.1) is 11.3 Å². The van der Waals surface area contributed by atoms with E-state index in [2.05, 4.69) is 6.92 Å². The number of carbonyl (C=O) groups is 3. The van der Waals surface area contributed by atoms with Crippen molar-refractivity contribution in [2.45, 2.75) is 76.8 Å². The van der Waals surface area contributed by atoms with Crippen LogP contribution in [0.2, 0.25) is 0 Å². The van der Waals surface area contributed by atoms with Gasteiger partial charge < -0.3 is 4.90 Å². The van der Waals surface area contributed by atoms with Gasteiger partial charge in [0.25, 0.3) is 0 Å². The van der Waals surface area contributed by atoms with Crippen LogP contribution in [0.5, 0.6) is 0 Å². The molecule has 0 bridgehead atoms. The first-order chi connectivity index (χ1) is 11.0. The summed E-state index contributed by atoms with van der Waals surface area (Å²) in [6.45, 7) is 2.09. The minimum Gasteiger partial charge on any atom is -0.335 e. The zero-order valence-corrected chi connectivity index (χ0v) is 13.9. The summed E-state index contributed by atoms with van der Waals surface area (Å²) in [6.07, 6.45) is 8.51. The highest BCUT2D eigenvalue weighted by molar-refractivity contribution is 6.08. The molecule has 0 aromatic rings. The molecule has 0 aromatic heterocycles. The van der Waals surface area contributed by atoms with Crippen LogP contribution in [0.3, 0.4) is 0 Å². The van der Waals surface area contributed by atoms with Crippen LogP contribution in [0.25, 0.3) is 0 Å². The number of hydrogen-bond donors (Lipinski definition) is 0. The SMILES string of the molecule is C[C@H](C1CC1)N(C(=O)CN1C(=O)CC2(CCCC2)C1=O)C1CC1. The number of likely N-dealkylation sites (tertiary alicyclic amines) is 1. The van der Waals surface area contributed by atoms with Crippen LogP contribution in [0.15, 0.2) is 0 Å². The maximum absolute atomic E-state index is 12.8. The van der Waals surface area contributed by atoms with Crippen molar-refractivity contribution in [1.29, 1.82) is 0 Å². The zero-order chi connectivity index (χ0) is 16.2. The Hall–Kier alpha value is -1.39. The maximum atomic E-state index is 12.8. The van der Waals surface area contributed by atoms with Crippen molar-refractivity contribution in [3.05, 3.63) is 0 Å². The monoisotopic (exact) mass is 318 g/mol. The molecule has 5 nitrogen and oxygen atoms in total. The van der Waals surface area contributed by atoms with E-state index in [1.165, 1.54) is 17.7 Å². The molecule has 1 atom stereocenters. The smallest absolute Gasteiger partial charge is 0.243 e. The van der Waals surface area contributed by atoms with Crippen LogP contribution in [-0.2, 0) is 14.4 Å². The molecule has 1 heterocycles. The zero-order valence-electron chi connectivity index (χ0n) is 13.9. The van der Waals surface area contributed by atoms with Gasteiger partial charge in [0, 0.05) is 18.5 Å². The molecule has 1 spiro atoms. The Balaban J connectivity index is 1.47. The first kappa shape index (κ1) is 15.2. The van der Waals surface area contributed by atoms with Gasteiger partial charge in [-0.2, -0.15) is 0 Å². The molecule has 0 N–H and O–H groups in total. The lowest BCUT2D eigenvalue weighted by molar-refractivity contribution is -0.148. The third-order valence-corrected chi connectivity index (χ3v) is 6.31. The van der Waals surface area contributed by atoms with Crippen LogP contribution >= 0.6 is 0 Å². The Kier molecular flexibility index (Phi) is 3.50. The van der Waals surface area contributed by atoms with E-state index in [-0.39, 0.29) is 30.3 Å². The molecule has 4 aliphatic rings. The second-order valence-electron chi connectivity index (χ2n) is 8.06. The number of carbonyl (C=O) groups excluding carboxylic acids is 3. The largest absolute Gasteiger partial charge is 0.335 e. The van der Waals surface area contributed by atoms with Gasteiger partial charge in [0.1, 0.15) is 6.54 Å². The van der Waals surface area contributed by atoms with Crippen LogP contribution < -0.4 is 0 Å². The molecule has 1 saturated heterocycles. The van der Waals surface area contributed by atoms with E-state index in [4.69, 9.17) is 0 Å². The molecule has 5 heteroatoms. The Morgan fingerprint density at radius 3 is 2.43 bits per heavy atom. The summed E-state index contributed by atoms with van der Waals surface area (Å²) >= 11 is 0. The van der Waals surface area contributed by atoms with E-state index in [9.17, 15) is 14.4 Å². The van der Waals surface area contributed by atoms with Gasteiger partial charge in [0.05, 0.1) is 5.41 Å². The third-order valence-electron chi connectivity index (χ3n) is 6.31. The number of amides is 3. The Morgan fingerprint density at radius 1 is 1.22 bits per heavy atom. The highest BCUT2D eigenvalue weighted by atomic mass is 16.2. The lowest BCUT2D eigenvalue weighted by Gasteiger charge is -2.31. The van der Waals surface area contributed by atoms with Gasteiger partial charge in [-0.25, -0.2) is 0 Å². The highest BCUT2D eigenvalue weighted by Crippen LogP contribution is 2.47. The summed E-state index contributed by atoms with van der Waals surface area (Å²) in [5, 5.41) is 0. The predicted molar refractivity (Wildman–Crippen MR) is 84.3 cm³/mol. The van der Waals surface area contributed by atoms with Crippen molar-refractivity contribution in [1.82, 2.24) is 9.80 Å². The first-order valence-electron chi connectivity index (χ1n) is 9.18. The Bertz CT molecular complexity index is 544. The maximum Gasteiger partial charge on any atom is 0.243 e. The van der Waals surface area contributed by atoms with Crippen molar-refractivity contribution in [2.75, 3.05) is 6.54 Å². The molecule has 4 rings (SSSR count). The van der Waals surface area contributed by atoms with Gasteiger partial charge in [0.2, 0.25) is 17.7 Å². The van der Waals surface area contributed by atoms with E-state index in [1.807, 2.05) is 4.90 Å². The van der Waals surface area contributed by atoms with Crippen LogP contribution in [-0.4, -0.2) is 46.1 Å².